The van der Waals surface area contributed by atoms with Crippen LogP contribution >= 0.6 is 0 Å². The number of aliphatic hydroxyl groups excluding tert-OH is 4. The van der Waals surface area contributed by atoms with Crippen molar-refractivity contribution in [3.8, 4) is 0 Å². The van der Waals surface area contributed by atoms with Crippen molar-refractivity contribution >= 4 is 11.9 Å². The third-order valence-corrected chi connectivity index (χ3v) is 15.8. The van der Waals surface area contributed by atoms with Gasteiger partial charge in [-0.25, -0.2) is 4.79 Å². The summed E-state index contributed by atoms with van der Waals surface area (Å²) in [7, 11) is 0. The summed E-state index contributed by atoms with van der Waals surface area (Å²) in [5, 5.41) is 63.5. The number of hydrogen-bond acceptors (Lipinski definition) is 7. The molecule has 0 aromatic carbocycles. The van der Waals surface area contributed by atoms with Gasteiger partial charge in [0.15, 0.2) is 6.10 Å². The molecule has 0 spiro atoms. The van der Waals surface area contributed by atoms with Crippen LogP contribution in [0.5, 0.6) is 0 Å². The second-order valence-corrected chi connectivity index (χ2v) is 18.5. The molecule has 0 aromatic rings. The molecule has 6 rings (SSSR count). The van der Waals surface area contributed by atoms with Crippen LogP contribution in [0.2, 0.25) is 0 Å². The van der Waals surface area contributed by atoms with Crippen LogP contribution in [-0.2, 0) is 14.3 Å². The molecule has 9 heteroatoms. The van der Waals surface area contributed by atoms with Gasteiger partial charge >= 0.3 is 11.9 Å². The molecule has 1 heterocycles. The van der Waals surface area contributed by atoms with Crippen molar-refractivity contribution in [2.24, 2.45) is 56.2 Å². The van der Waals surface area contributed by atoms with Gasteiger partial charge in [0.05, 0.1) is 11.5 Å². The first-order valence-electron chi connectivity index (χ1n) is 17.7. The van der Waals surface area contributed by atoms with E-state index < -0.39 is 54.0 Å². The van der Waals surface area contributed by atoms with Crippen LogP contribution in [0.15, 0.2) is 11.6 Å². The van der Waals surface area contributed by atoms with Gasteiger partial charge in [-0.3, -0.25) is 4.79 Å². The highest BCUT2D eigenvalue weighted by Gasteiger charge is 2.70. The first-order valence-corrected chi connectivity index (χ1v) is 17.7. The van der Waals surface area contributed by atoms with Gasteiger partial charge in [0.25, 0.3) is 0 Å². The summed E-state index contributed by atoms with van der Waals surface area (Å²) in [6.07, 6.45) is 1.61. The molecule has 6 unspecified atom stereocenters. The maximum absolute atomic E-state index is 13.0. The Morgan fingerprint density at radius 3 is 2.11 bits per heavy atom. The monoisotopic (exact) mass is 646 g/mol. The molecule has 6 N–H and O–H groups in total. The lowest BCUT2D eigenvalue weighted by atomic mass is 9.33. The Hall–Kier alpha value is -1.52. The Labute approximate surface area is 273 Å². The molecule has 4 saturated carbocycles. The lowest BCUT2D eigenvalue weighted by Gasteiger charge is -2.71. The van der Waals surface area contributed by atoms with Crippen molar-refractivity contribution < 1.29 is 45.0 Å². The van der Waals surface area contributed by atoms with Crippen LogP contribution in [0.3, 0.4) is 0 Å². The highest BCUT2D eigenvalue weighted by atomic mass is 16.6. The minimum Gasteiger partial charge on any atom is -0.481 e. The Bertz CT molecular complexity index is 1290. The van der Waals surface area contributed by atoms with E-state index in [2.05, 4.69) is 54.5 Å². The van der Waals surface area contributed by atoms with Gasteiger partial charge in [-0.1, -0.05) is 60.1 Å². The molecule has 260 valence electrons. The van der Waals surface area contributed by atoms with Gasteiger partial charge in [-0.05, 0) is 115 Å². The maximum atomic E-state index is 13.0. The number of rotatable bonds is 4. The van der Waals surface area contributed by atoms with Gasteiger partial charge in [0.1, 0.15) is 24.4 Å². The largest absolute Gasteiger partial charge is 0.481 e. The van der Waals surface area contributed by atoms with Crippen LogP contribution in [0, 0.1) is 56.2 Å². The maximum Gasteiger partial charge on any atom is 0.335 e. The summed E-state index contributed by atoms with van der Waals surface area (Å²) < 4.78 is 5.61. The molecule has 1 saturated heterocycles. The molecule has 6 aliphatic rings. The van der Waals surface area contributed by atoms with Gasteiger partial charge in [-0.15, -0.1) is 0 Å². The highest BCUT2D eigenvalue weighted by molar-refractivity contribution is 5.76. The molecule has 14 atom stereocenters. The molecule has 5 aliphatic carbocycles. The van der Waals surface area contributed by atoms with E-state index in [1.807, 2.05) is 0 Å². The van der Waals surface area contributed by atoms with E-state index >= 15 is 0 Å². The molecule has 0 amide bonds. The van der Waals surface area contributed by atoms with Crippen LogP contribution in [0.25, 0.3) is 0 Å². The van der Waals surface area contributed by atoms with Crippen molar-refractivity contribution in [2.45, 2.75) is 149 Å². The quantitative estimate of drug-likeness (QED) is 0.236. The van der Waals surface area contributed by atoms with Gasteiger partial charge in [-0.2, -0.15) is 0 Å². The van der Waals surface area contributed by atoms with Crippen LogP contribution in [-0.4, -0.2) is 79.2 Å². The van der Waals surface area contributed by atoms with Crippen LogP contribution in [0.1, 0.15) is 113 Å². The van der Waals surface area contributed by atoms with E-state index in [1.54, 1.807) is 0 Å². The fourth-order valence-electron chi connectivity index (χ4n) is 12.9. The van der Waals surface area contributed by atoms with Crippen LogP contribution < -0.4 is 0 Å². The summed E-state index contributed by atoms with van der Waals surface area (Å²) in [4.78, 5) is 24.7. The van der Waals surface area contributed by atoms with E-state index in [4.69, 9.17) is 4.74 Å². The third-order valence-electron chi connectivity index (χ3n) is 15.8. The number of aliphatic carboxylic acids is 2. The molecule has 5 fully saturated rings. The highest BCUT2D eigenvalue weighted by Crippen LogP contribution is 2.76. The van der Waals surface area contributed by atoms with E-state index in [0.29, 0.717) is 12.3 Å². The predicted molar refractivity (Wildman–Crippen MR) is 170 cm³/mol. The summed E-state index contributed by atoms with van der Waals surface area (Å²) >= 11 is 0. The van der Waals surface area contributed by atoms with Crippen molar-refractivity contribution in [1.29, 1.82) is 0 Å². The van der Waals surface area contributed by atoms with Crippen molar-refractivity contribution in [2.75, 3.05) is 0 Å². The predicted octanol–water partition coefficient (Wildman–Crippen LogP) is 4.78. The molecule has 9 nitrogen and oxygen atoms in total. The van der Waals surface area contributed by atoms with E-state index in [9.17, 15) is 40.2 Å². The van der Waals surface area contributed by atoms with E-state index in [-0.39, 0.29) is 44.8 Å². The summed E-state index contributed by atoms with van der Waals surface area (Å²) in [5.41, 5.74) is 0.307. The fraction of sp³-hybridized carbons (Fsp3) is 0.892. The minimum atomic E-state index is -1.79. The van der Waals surface area contributed by atoms with Gasteiger partial charge in [0.2, 0.25) is 0 Å². The minimum absolute atomic E-state index is 0.00620. The first kappa shape index (κ1) is 34.3. The van der Waals surface area contributed by atoms with Crippen molar-refractivity contribution in [1.82, 2.24) is 0 Å². The van der Waals surface area contributed by atoms with Crippen LogP contribution in [0.4, 0.5) is 0 Å². The van der Waals surface area contributed by atoms with E-state index in [0.717, 1.165) is 57.8 Å². The molecule has 0 aromatic heterocycles. The topological polar surface area (TPSA) is 165 Å². The number of carboxylic acids is 2. The Morgan fingerprint density at radius 2 is 1.48 bits per heavy atom. The molecular formula is C37H58O9. The molecule has 1 aliphatic heterocycles. The van der Waals surface area contributed by atoms with Gasteiger partial charge in [0, 0.05) is 0 Å². The number of hydrogen-bond donors (Lipinski definition) is 6. The molecule has 0 radical (unpaired) electrons. The number of fused-ring (bicyclic) bond motifs is 7. The zero-order chi connectivity index (χ0) is 34.0. The number of ether oxygens (including phenoxy) is 1. The first-order chi connectivity index (χ1) is 21.2. The molecule has 46 heavy (non-hydrogen) atoms. The smallest absolute Gasteiger partial charge is 0.335 e. The lowest BCUT2D eigenvalue weighted by Crippen LogP contribution is -2.67. The number of aliphatic hydroxyl groups is 4. The number of allylic oxidation sites excluding steroid dienone is 2. The average molecular weight is 647 g/mol. The number of carbonyl (C=O) groups is 2. The number of carboxylic acid groups (broad SMARTS) is 2. The average Bonchev–Trinajstić information content (AvgIpc) is 2.95. The third kappa shape index (κ3) is 4.50. The normalized spacial score (nSPS) is 51.7. The Morgan fingerprint density at radius 1 is 0.826 bits per heavy atom. The SMILES string of the molecule is CC1(C)CC[C@]2(C(=O)O)CC[C@]3(C)C(=CCC4[C@@]5(C)CC[C@@H]([C@H](O)[C@@H]6OC(C(=O)O)[C@@H](O)C(O)C6O)C(C)(C)C5CC[C@]43C)C2C1. The summed E-state index contributed by atoms with van der Waals surface area (Å²) in [6, 6.07) is 0. The second-order valence-electron chi connectivity index (χ2n) is 18.5. The zero-order valence-electron chi connectivity index (χ0n) is 28.8. The summed E-state index contributed by atoms with van der Waals surface area (Å²) in [6.45, 7) is 16.3. The zero-order valence-corrected chi connectivity index (χ0v) is 28.8. The van der Waals surface area contributed by atoms with Gasteiger partial charge < -0.3 is 35.4 Å². The summed E-state index contributed by atoms with van der Waals surface area (Å²) in [5.74, 6) is -1.71. The fourth-order valence-corrected chi connectivity index (χ4v) is 12.9. The molecular weight excluding hydrogens is 588 g/mol. The second kappa shape index (κ2) is 10.7. The van der Waals surface area contributed by atoms with Crippen molar-refractivity contribution in [3.63, 3.8) is 0 Å². The molecule has 0 bridgehead atoms. The Balaban J connectivity index is 1.31. The lowest BCUT2D eigenvalue weighted by molar-refractivity contribution is -0.263. The standard InChI is InChI=1S/C37H58O9/c1-32(2)14-16-37(31(44)45)17-15-35(6)19(21(37)18-32)8-9-23-34(5)12-10-20(33(3,4)22(34)11-13-36(23,35)7)24(38)28-26(40)25(39)27(41)29(46-28)30(42)43/h8,20-29,38-41H,9-18H2,1-7H3,(H,42,43)(H,44,45)/t20-,21?,22?,23?,24-,25?,26?,27-,28-,29?,34-,35+,36+,37-/m0/s1. The Kier molecular flexibility index (Phi) is 8.02. The van der Waals surface area contributed by atoms with Crippen molar-refractivity contribution in [3.05, 3.63) is 11.6 Å². The van der Waals surface area contributed by atoms with E-state index in [1.165, 1.54) is 5.57 Å².